The fourth-order valence-corrected chi connectivity index (χ4v) is 3.63. The third-order valence-corrected chi connectivity index (χ3v) is 5.42. The van der Waals surface area contributed by atoms with Crippen LogP contribution in [-0.2, 0) is 6.54 Å². The molecule has 1 heterocycles. The Morgan fingerprint density at radius 2 is 1.70 bits per heavy atom. The van der Waals surface area contributed by atoms with Crippen LogP contribution in [0.2, 0.25) is 0 Å². The predicted octanol–water partition coefficient (Wildman–Crippen LogP) is 4.30. The summed E-state index contributed by atoms with van der Waals surface area (Å²) in [5.74, 6) is 0. The number of nitrogens with one attached hydrogen (secondary N) is 2. The lowest BCUT2D eigenvalue weighted by Crippen LogP contribution is -2.37. The molecule has 0 saturated heterocycles. The zero-order valence-corrected chi connectivity index (χ0v) is 19.0. The van der Waals surface area contributed by atoms with Gasteiger partial charge < -0.3 is 20.1 Å². The van der Waals surface area contributed by atoms with Gasteiger partial charge in [0.1, 0.15) is 0 Å². The van der Waals surface area contributed by atoms with Gasteiger partial charge in [-0.25, -0.2) is 0 Å². The highest BCUT2D eigenvalue weighted by Crippen LogP contribution is 2.15. The van der Waals surface area contributed by atoms with E-state index in [1.165, 1.54) is 5.56 Å². The standard InChI is InChI=1S/C24H30N4OS/c1-17-7-10-21(11-8-17)25-24(30)28(13-5-12-27(3)4)16-20-15-19-9-6-18(2)14-22(19)26-23(20)29/h6-11,14-15H,5,12-13,16H2,1-4H3,(H,25,30)(H,26,29). The molecule has 2 N–H and O–H groups in total. The second-order valence-corrected chi connectivity index (χ2v) is 8.48. The summed E-state index contributed by atoms with van der Waals surface area (Å²) in [6.07, 6.45) is 0.952. The van der Waals surface area contributed by atoms with E-state index in [0.29, 0.717) is 17.2 Å². The minimum atomic E-state index is -0.0659. The van der Waals surface area contributed by atoms with Crippen LogP contribution in [0.5, 0.6) is 0 Å². The number of anilines is 1. The monoisotopic (exact) mass is 422 g/mol. The summed E-state index contributed by atoms with van der Waals surface area (Å²) in [6, 6.07) is 16.2. The van der Waals surface area contributed by atoms with Crippen molar-refractivity contribution in [2.45, 2.75) is 26.8 Å². The van der Waals surface area contributed by atoms with Crippen LogP contribution in [0.15, 0.2) is 53.3 Å². The highest BCUT2D eigenvalue weighted by molar-refractivity contribution is 7.80. The largest absolute Gasteiger partial charge is 0.344 e. The summed E-state index contributed by atoms with van der Waals surface area (Å²) in [4.78, 5) is 20.0. The van der Waals surface area contributed by atoms with Gasteiger partial charge in [0.15, 0.2) is 5.11 Å². The smallest absolute Gasteiger partial charge is 0.253 e. The average Bonchev–Trinajstić information content (AvgIpc) is 2.69. The SMILES string of the molecule is Cc1ccc(NC(=S)N(CCCN(C)C)Cc2cc3ccc(C)cc3[nH]c2=O)cc1. The van der Waals surface area contributed by atoms with Crippen LogP contribution in [0.3, 0.4) is 0 Å². The van der Waals surface area contributed by atoms with E-state index in [-0.39, 0.29) is 5.56 Å². The quantitative estimate of drug-likeness (QED) is 0.556. The third kappa shape index (κ3) is 5.90. The molecule has 30 heavy (non-hydrogen) atoms. The molecule has 0 atom stereocenters. The molecule has 0 fully saturated rings. The Morgan fingerprint density at radius 3 is 2.40 bits per heavy atom. The molecule has 5 nitrogen and oxygen atoms in total. The van der Waals surface area contributed by atoms with E-state index in [4.69, 9.17) is 12.2 Å². The van der Waals surface area contributed by atoms with Crippen molar-refractivity contribution in [1.82, 2.24) is 14.8 Å². The van der Waals surface area contributed by atoms with Crippen molar-refractivity contribution < 1.29 is 0 Å². The lowest BCUT2D eigenvalue weighted by molar-refractivity contribution is 0.346. The molecule has 0 aliphatic rings. The Labute approximate surface area is 183 Å². The molecule has 6 heteroatoms. The van der Waals surface area contributed by atoms with Gasteiger partial charge in [-0.1, -0.05) is 29.8 Å². The number of hydrogen-bond donors (Lipinski definition) is 2. The van der Waals surface area contributed by atoms with Crippen LogP contribution in [-0.4, -0.2) is 47.1 Å². The summed E-state index contributed by atoms with van der Waals surface area (Å²) in [7, 11) is 4.12. The number of H-pyrrole nitrogens is 1. The van der Waals surface area contributed by atoms with Crippen LogP contribution in [0.4, 0.5) is 5.69 Å². The van der Waals surface area contributed by atoms with Gasteiger partial charge in [0.05, 0.1) is 6.54 Å². The molecule has 0 radical (unpaired) electrons. The molecule has 158 valence electrons. The molecule has 0 bridgehead atoms. The lowest BCUT2D eigenvalue weighted by atomic mass is 10.1. The van der Waals surface area contributed by atoms with Crippen LogP contribution in [0.25, 0.3) is 10.9 Å². The highest BCUT2D eigenvalue weighted by atomic mass is 32.1. The molecule has 0 aliphatic heterocycles. The summed E-state index contributed by atoms with van der Waals surface area (Å²) >= 11 is 5.71. The number of thiocarbonyl (C=S) groups is 1. The molecule has 0 amide bonds. The molecule has 0 unspecified atom stereocenters. The van der Waals surface area contributed by atoms with Gasteiger partial charge in [0.25, 0.3) is 5.56 Å². The normalized spacial score (nSPS) is 11.1. The molecule has 0 saturated carbocycles. The number of nitrogens with zero attached hydrogens (tertiary/aromatic N) is 2. The van der Waals surface area contributed by atoms with E-state index in [2.05, 4.69) is 59.3 Å². The van der Waals surface area contributed by atoms with Gasteiger partial charge in [0, 0.05) is 23.3 Å². The number of aryl methyl sites for hydroxylation is 2. The van der Waals surface area contributed by atoms with Crippen molar-refractivity contribution in [3.63, 3.8) is 0 Å². The Hall–Kier alpha value is -2.70. The van der Waals surface area contributed by atoms with Gasteiger partial charge in [-0.2, -0.15) is 0 Å². The van der Waals surface area contributed by atoms with Crippen molar-refractivity contribution >= 4 is 33.9 Å². The molecular formula is C24H30N4OS. The fraction of sp³-hybridized carbons (Fsp3) is 0.333. The number of rotatable bonds is 7. The summed E-state index contributed by atoms with van der Waals surface area (Å²) in [5.41, 5.74) is 4.79. The third-order valence-electron chi connectivity index (χ3n) is 5.06. The average molecular weight is 423 g/mol. The second kappa shape index (κ2) is 9.87. The first kappa shape index (κ1) is 22.0. The van der Waals surface area contributed by atoms with Gasteiger partial charge in [-0.05, 0) is 88.3 Å². The topological polar surface area (TPSA) is 51.4 Å². The van der Waals surface area contributed by atoms with Crippen molar-refractivity contribution in [3.05, 3.63) is 75.6 Å². The Kier molecular flexibility index (Phi) is 7.24. The number of pyridine rings is 1. The molecule has 0 spiro atoms. The Bertz CT molecular complexity index is 1070. The molecule has 3 aromatic rings. The van der Waals surface area contributed by atoms with E-state index in [1.807, 2.05) is 37.3 Å². The van der Waals surface area contributed by atoms with E-state index >= 15 is 0 Å². The van der Waals surface area contributed by atoms with E-state index in [1.54, 1.807) is 0 Å². The number of fused-ring (bicyclic) bond motifs is 1. The van der Waals surface area contributed by atoms with Gasteiger partial charge in [-0.15, -0.1) is 0 Å². The van der Waals surface area contributed by atoms with E-state index < -0.39 is 0 Å². The van der Waals surface area contributed by atoms with Gasteiger partial charge in [0.2, 0.25) is 0 Å². The second-order valence-electron chi connectivity index (χ2n) is 8.09. The lowest BCUT2D eigenvalue weighted by Gasteiger charge is -2.26. The maximum absolute atomic E-state index is 12.7. The molecule has 3 rings (SSSR count). The van der Waals surface area contributed by atoms with Crippen molar-refractivity contribution in [1.29, 1.82) is 0 Å². The summed E-state index contributed by atoms with van der Waals surface area (Å²) < 4.78 is 0. The minimum Gasteiger partial charge on any atom is -0.344 e. The van der Waals surface area contributed by atoms with Gasteiger partial charge >= 0.3 is 0 Å². The van der Waals surface area contributed by atoms with E-state index in [9.17, 15) is 4.79 Å². The van der Waals surface area contributed by atoms with Gasteiger partial charge in [-0.3, -0.25) is 4.79 Å². The Morgan fingerprint density at radius 1 is 1.00 bits per heavy atom. The maximum atomic E-state index is 12.7. The van der Waals surface area contributed by atoms with Crippen LogP contribution >= 0.6 is 12.2 Å². The molecule has 1 aromatic heterocycles. The molecule has 0 aliphatic carbocycles. The number of aromatic nitrogens is 1. The first-order valence-electron chi connectivity index (χ1n) is 10.2. The number of benzene rings is 2. The zero-order chi connectivity index (χ0) is 21.7. The first-order chi connectivity index (χ1) is 14.3. The predicted molar refractivity (Wildman–Crippen MR) is 130 cm³/mol. The number of hydrogen-bond acceptors (Lipinski definition) is 3. The highest BCUT2D eigenvalue weighted by Gasteiger charge is 2.14. The van der Waals surface area contributed by atoms with Crippen LogP contribution in [0.1, 0.15) is 23.1 Å². The summed E-state index contributed by atoms with van der Waals surface area (Å²) in [6.45, 7) is 6.26. The first-order valence-corrected chi connectivity index (χ1v) is 10.6. The van der Waals surface area contributed by atoms with Crippen molar-refractivity contribution in [2.24, 2.45) is 0 Å². The fourth-order valence-electron chi connectivity index (χ4n) is 3.35. The van der Waals surface area contributed by atoms with E-state index in [0.717, 1.165) is 41.7 Å². The molecular weight excluding hydrogens is 392 g/mol. The van der Waals surface area contributed by atoms with Crippen molar-refractivity contribution in [2.75, 3.05) is 32.5 Å². The van der Waals surface area contributed by atoms with Crippen LogP contribution in [0, 0.1) is 13.8 Å². The zero-order valence-electron chi connectivity index (χ0n) is 18.2. The molecule has 2 aromatic carbocycles. The summed E-state index contributed by atoms with van der Waals surface area (Å²) in [5, 5.41) is 4.98. The minimum absolute atomic E-state index is 0.0659. The maximum Gasteiger partial charge on any atom is 0.253 e. The van der Waals surface area contributed by atoms with Crippen molar-refractivity contribution in [3.8, 4) is 0 Å². The van der Waals surface area contributed by atoms with Crippen LogP contribution < -0.4 is 10.9 Å². The Balaban J connectivity index is 1.82. The number of aromatic amines is 1.